The topological polar surface area (TPSA) is 483 Å². The summed E-state index contributed by atoms with van der Waals surface area (Å²) >= 11 is 0. The zero-order valence-electron chi connectivity index (χ0n) is 60.8. The standard InChI is InChI=1S/C21H16N6O2.C20H18N6O3S.C19H17N7O3S.C16H16N6O/c1-13-24-19(16-9-5-6-10-22-16)26-21(25-13)27-20(29)17-11-15(12-23-17)18(28)14-7-3-2-4-8-14;1-3-30(28,29)14-7-8-15-13(10-14)11-17(24-15)19(27)26-20-23-12(2)22-18(25-20)16-6-4-5-9-21-16;1-11-21-17(15-5-3-4-8-20-15)24-19(22-11)25-18(27)16-10-12-9-13(26-30(2,28)29)6-7-14(12)23-16;1-9-8-10(2)18-13(9)15(23)22-16-20-11(3)19-14(21-16)12-6-4-5-7-17-12/h2-12,23H,1H3,(H,24,25,26,27,29);4-11,24H,3H2,1-2H3,(H,22,23,25,26,27);3-10,23,26H,1-2H3,(H,21,22,24,25,27);4-8,18H,1-3H3,(H,19,20,21,22,23). The van der Waals surface area contributed by atoms with Gasteiger partial charge in [0, 0.05) is 75.3 Å². The second-order valence-electron chi connectivity index (χ2n) is 24.5. The number of sulfone groups is 1. The molecule has 0 atom stereocenters. The first-order valence-electron chi connectivity index (χ1n) is 34.0. The molecular weight excluding hydrogens is 1470 g/mol. The molecule has 9 N–H and O–H groups in total. The number of hydrogen-bond acceptors (Lipinski definition) is 25. The SMILES string of the molecule is CCS(=O)(=O)c1ccc2[nH]c(C(=O)Nc3nc(C)nc(-c4ccccn4)n3)cc2c1.Cc1nc(NC(=O)c2[nH]c(C)cc2C)nc(-c2ccccn2)n1.Cc1nc(NC(=O)c2cc(C(=O)c3ccccc3)c[nH]2)nc(-c2ccccn2)n1.Cc1nc(NC(=O)c2cc3cc(NS(C)(=O)=O)ccc3[nH]2)nc(-c2ccccn2)n1. The first kappa shape index (κ1) is 76.8. The van der Waals surface area contributed by atoms with E-state index in [0.717, 1.165) is 17.5 Å². The Morgan fingerprint density at radius 2 is 0.795 bits per heavy atom. The molecule has 0 aliphatic rings. The molecule has 0 unspecified atom stereocenters. The number of aromatic nitrogens is 20. The number of carbonyl (C=O) groups excluding carboxylic acids is 5. The first-order valence-corrected chi connectivity index (χ1v) is 37.5. The van der Waals surface area contributed by atoms with Gasteiger partial charge in [-0.05, 0) is 156 Å². The highest BCUT2D eigenvalue weighted by Crippen LogP contribution is 2.26. The Kier molecular flexibility index (Phi) is 23.3. The lowest BCUT2D eigenvalue weighted by molar-refractivity contribution is 0.101. The largest absolute Gasteiger partial charge is 0.356 e. The van der Waals surface area contributed by atoms with E-state index < -0.39 is 37.6 Å². The van der Waals surface area contributed by atoms with Crippen LogP contribution in [-0.4, -0.2) is 158 Å². The molecule has 4 amide bonds. The Balaban J connectivity index is 0.000000139. The number of anilines is 5. The Labute approximate surface area is 638 Å². The molecule has 112 heavy (non-hydrogen) atoms. The highest BCUT2D eigenvalue weighted by atomic mass is 32.2. The maximum atomic E-state index is 12.7. The second kappa shape index (κ2) is 34.0. The predicted octanol–water partition coefficient (Wildman–Crippen LogP) is 10.6. The summed E-state index contributed by atoms with van der Waals surface area (Å²) in [5.74, 6) is 2.02. The highest BCUT2D eigenvalue weighted by molar-refractivity contribution is 7.92. The number of sulfonamides is 1. The van der Waals surface area contributed by atoms with Crippen LogP contribution in [0.4, 0.5) is 29.5 Å². The molecule has 12 heterocycles. The van der Waals surface area contributed by atoms with Crippen molar-refractivity contribution in [2.45, 2.75) is 53.4 Å². The van der Waals surface area contributed by atoms with E-state index in [4.69, 9.17) is 0 Å². The number of benzene rings is 3. The Bertz CT molecular complexity index is 6230. The van der Waals surface area contributed by atoms with Gasteiger partial charge in [-0.3, -0.25) is 69.9 Å². The third kappa shape index (κ3) is 19.9. The minimum atomic E-state index is -3.39. The fourth-order valence-corrected chi connectivity index (χ4v) is 12.2. The lowest BCUT2D eigenvalue weighted by atomic mass is 10.1. The van der Waals surface area contributed by atoms with Crippen molar-refractivity contribution in [1.82, 2.24) is 99.7 Å². The van der Waals surface area contributed by atoms with E-state index in [1.54, 1.807) is 169 Å². The van der Waals surface area contributed by atoms with Crippen LogP contribution in [0.25, 0.3) is 67.9 Å². The van der Waals surface area contributed by atoms with Crippen molar-refractivity contribution < 1.29 is 40.8 Å². The van der Waals surface area contributed by atoms with Crippen LogP contribution in [0, 0.1) is 41.5 Å². The van der Waals surface area contributed by atoms with Crippen molar-refractivity contribution in [2.24, 2.45) is 0 Å². The number of nitrogens with one attached hydrogen (secondary N) is 9. The second-order valence-corrected chi connectivity index (χ2v) is 28.5. The molecule has 0 bridgehead atoms. The predicted molar refractivity (Wildman–Crippen MR) is 417 cm³/mol. The minimum Gasteiger partial charge on any atom is -0.356 e. The molecule has 15 aromatic rings. The number of aryl methyl sites for hydroxylation is 6. The molecule has 0 saturated heterocycles. The monoisotopic (exact) mass is 1540 g/mol. The Morgan fingerprint density at radius 3 is 1.19 bits per heavy atom. The number of H-pyrrole nitrogens is 4. The zero-order chi connectivity index (χ0) is 79.2. The molecule has 0 radical (unpaired) electrons. The lowest BCUT2D eigenvalue weighted by Crippen LogP contribution is -2.17. The van der Waals surface area contributed by atoms with E-state index in [1.165, 1.54) is 18.3 Å². The summed E-state index contributed by atoms with van der Waals surface area (Å²) < 4.78 is 49.4. The molecule has 0 fully saturated rings. The van der Waals surface area contributed by atoms with Gasteiger partial charge in [0.1, 0.15) is 68.8 Å². The summed E-state index contributed by atoms with van der Waals surface area (Å²) in [4.78, 5) is 142. The summed E-state index contributed by atoms with van der Waals surface area (Å²) in [6.07, 6.45) is 9.13. The highest BCUT2D eigenvalue weighted by Gasteiger charge is 2.22. The van der Waals surface area contributed by atoms with Gasteiger partial charge >= 0.3 is 0 Å². The van der Waals surface area contributed by atoms with Gasteiger partial charge < -0.3 is 19.9 Å². The minimum absolute atomic E-state index is 0.00755. The van der Waals surface area contributed by atoms with Gasteiger partial charge in [0.25, 0.3) is 23.6 Å². The van der Waals surface area contributed by atoms with Crippen molar-refractivity contribution in [3.63, 3.8) is 0 Å². The van der Waals surface area contributed by atoms with Gasteiger partial charge in [0.2, 0.25) is 33.8 Å². The third-order valence-corrected chi connectivity index (χ3v) is 18.2. The van der Waals surface area contributed by atoms with Crippen LogP contribution >= 0.6 is 0 Å². The first-order chi connectivity index (χ1) is 53.7. The van der Waals surface area contributed by atoms with Crippen LogP contribution in [0.2, 0.25) is 0 Å². The average Bonchev–Trinajstić information content (AvgIpc) is 1.72. The molecule has 15 rings (SSSR count). The van der Waals surface area contributed by atoms with E-state index in [1.807, 2.05) is 56.3 Å². The molecule has 0 aliphatic heterocycles. The van der Waals surface area contributed by atoms with Crippen molar-refractivity contribution in [1.29, 1.82) is 0 Å². The molecule has 562 valence electrons. The maximum Gasteiger partial charge on any atom is 0.274 e. The maximum absolute atomic E-state index is 12.7. The molecule has 0 saturated carbocycles. The van der Waals surface area contributed by atoms with Crippen LogP contribution in [0.15, 0.2) is 200 Å². The van der Waals surface area contributed by atoms with Crippen LogP contribution in [0.3, 0.4) is 0 Å². The van der Waals surface area contributed by atoms with Gasteiger partial charge in [0.15, 0.2) is 38.9 Å². The van der Waals surface area contributed by atoms with Gasteiger partial charge in [-0.15, -0.1) is 0 Å². The molecule has 34 nitrogen and oxygen atoms in total. The fraction of sp³-hybridized carbons (Fsp3) is 0.118. The van der Waals surface area contributed by atoms with Crippen LogP contribution in [-0.2, 0) is 19.9 Å². The number of fused-ring (bicyclic) bond motifs is 2. The van der Waals surface area contributed by atoms with E-state index in [0.29, 0.717) is 114 Å². The van der Waals surface area contributed by atoms with Gasteiger partial charge in [0.05, 0.1) is 16.9 Å². The summed E-state index contributed by atoms with van der Waals surface area (Å²) in [5, 5.41) is 11.9. The van der Waals surface area contributed by atoms with Gasteiger partial charge in [-0.2, -0.15) is 39.9 Å². The van der Waals surface area contributed by atoms with E-state index in [2.05, 4.69) is 126 Å². The van der Waals surface area contributed by atoms with Gasteiger partial charge in [-0.1, -0.05) is 61.5 Å². The number of pyridine rings is 4. The molecular formula is C76H67N25O9S2. The number of nitrogens with zero attached hydrogens (tertiary/aromatic N) is 16. The van der Waals surface area contributed by atoms with Crippen molar-refractivity contribution in [3.8, 4) is 46.1 Å². The number of amides is 4. The Hall–Kier alpha value is -14.8. The van der Waals surface area contributed by atoms with Crippen molar-refractivity contribution in [2.75, 3.05) is 38.0 Å². The molecule has 0 spiro atoms. The number of aromatic amines is 4. The Morgan fingerprint density at radius 1 is 0.393 bits per heavy atom. The van der Waals surface area contributed by atoms with E-state index in [9.17, 15) is 40.8 Å². The van der Waals surface area contributed by atoms with Gasteiger partial charge in [-0.25, -0.2) is 36.8 Å². The quantitative estimate of drug-likeness (QED) is 0.0360. The van der Waals surface area contributed by atoms with Crippen LogP contribution < -0.4 is 26.0 Å². The summed E-state index contributed by atoms with van der Waals surface area (Å²) in [5.41, 5.74) is 8.06. The normalized spacial score (nSPS) is 11.0. The zero-order valence-corrected chi connectivity index (χ0v) is 62.5. The van der Waals surface area contributed by atoms with Crippen LogP contribution in [0.1, 0.15) is 99.4 Å². The third-order valence-electron chi connectivity index (χ3n) is 15.8. The number of rotatable bonds is 18. The fourth-order valence-electron chi connectivity index (χ4n) is 10.8. The lowest BCUT2D eigenvalue weighted by Gasteiger charge is -2.06. The van der Waals surface area contributed by atoms with Crippen molar-refractivity contribution >= 4 is 101 Å². The number of carbonyl (C=O) groups is 5. The molecule has 0 aliphatic carbocycles. The van der Waals surface area contributed by atoms with Crippen LogP contribution in [0.5, 0.6) is 0 Å². The van der Waals surface area contributed by atoms with Crippen molar-refractivity contribution in [3.05, 3.63) is 263 Å². The molecule has 3 aromatic carbocycles. The average molecular weight is 1540 g/mol. The molecule has 12 aromatic heterocycles. The summed E-state index contributed by atoms with van der Waals surface area (Å²) in [6, 6.07) is 46.7. The molecule has 36 heteroatoms. The smallest absolute Gasteiger partial charge is 0.274 e. The van der Waals surface area contributed by atoms with E-state index >= 15 is 0 Å². The number of hydrogen-bond donors (Lipinski definition) is 9. The number of ketones is 1. The summed E-state index contributed by atoms with van der Waals surface area (Å²) in [7, 11) is -6.73. The van der Waals surface area contributed by atoms with E-state index in [-0.39, 0.29) is 63.2 Å². The summed E-state index contributed by atoms with van der Waals surface area (Å²) in [6.45, 7) is 12.2.